The van der Waals surface area contributed by atoms with Crippen molar-refractivity contribution in [1.82, 2.24) is 9.38 Å². The van der Waals surface area contributed by atoms with Gasteiger partial charge in [0.2, 0.25) is 0 Å². The smallest absolute Gasteiger partial charge is 0.144 e. The largest absolute Gasteiger partial charge is 0.330 e. The van der Waals surface area contributed by atoms with Crippen LogP contribution >= 0.6 is 15.9 Å². The monoisotopic (exact) mass is 289 g/mol. The molecule has 0 aliphatic heterocycles. The number of hydrogen-bond acceptors (Lipinski definition) is 2. The summed E-state index contributed by atoms with van der Waals surface area (Å²) in [4.78, 5) is 4.63. The van der Waals surface area contributed by atoms with Crippen molar-refractivity contribution < 1.29 is 0 Å². The minimum atomic E-state index is 0.632. The number of fused-ring (bicyclic) bond motifs is 3. The number of nitrogens with zero attached hydrogens (tertiary/aromatic N) is 2. The highest BCUT2D eigenvalue weighted by Crippen LogP contribution is 2.23. The Kier molecular flexibility index (Phi) is 2.61. The average molecular weight is 290 g/mol. The van der Waals surface area contributed by atoms with E-state index in [2.05, 4.69) is 43.5 Å². The Morgan fingerprint density at radius 1 is 1.29 bits per heavy atom. The highest BCUT2D eigenvalue weighted by atomic mass is 79.9. The highest BCUT2D eigenvalue weighted by Gasteiger charge is 2.05. The molecule has 0 bridgehead atoms. The van der Waals surface area contributed by atoms with E-state index in [0.717, 1.165) is 22.2 Å². The van der Waals surface area contributed by atoms with Crippen molar-refractivity contribution in [3.05, 3.63) is 46.8 Å². The zero-order valence-electron chi connectivity index (χ0n) is 9.23. The molecule has 1 aromatic carbocycles. The molecule has 3 nitrogen and oxygen atoms in total. The molecule has 0 saturated heterocycles. The first-order valence-electron chi connectivity index (χ1n) is 5.54. The fraction of sp³-hybridized carbons (Fsp3) is 0.154. The van der Waals surface area contributed by atoms with Crippen molar-refractivity contribution in [2.24, 2.45) is 5.73 Å². The maximum atomic E-state index is 5.56. The van der Waals surface area contributed by atoms with E-state index in [1.807, 2.05) is 18.5 Å². The minimum Gasteiger partial charge on any atom is -0.330 e. The summed E-state index contributed by atoms with van der Waals surface area (Å²) in [7, 11) is 0. The van der Waals surface area contributed by atoms with Gasteiger partial charge in [-0.05, 0) is 36.2 Å². The normalized spacial score (nSPS) is 11.4. The standard InChI is InChI=1S/C13H12BrN3/c14-10-1-2-12-9(7-10)4-6-17-8-11(3-5-15)16-13(12)17/h1-2,4,6-8H,3,5,15H2. The molecule has 0 amide bonds. The van der Waals surface area contributed by atoms with Gasteiger partial charge in [-0.3, -0.25) is 0 Å². The van der Waals surface area contributed by atoms with E-state index in [-0.39, 0.29) is 0 Å². The van der Waals surface area contributed by atoms with Crippen LogP contribution in [0.3, 0.4) is 0 Å². The first kappa shape index (κ1) is 10.7. The molecular weight excluding hydrogens is 278 g/mol. The lowest BCUT2D eigenvalue weighted by Crippen LogP contribution is -2.02. The van der Waals surface area contributed by atoms with Crippen LogP contribution in [0, 0.1) is 0 Å². The minimum absolute atomic E-state index is 0.632. The number of aromatic nitrogens is 2. The van der Waals surface area contributed by atoms with E-state index in [4.69, 9.17) is 5.73 Å². The van der Waals surface area contributed by atoms with Crippen LogP contribution < -0.4 is 5.73 Å². The number of benzene rings is 1. The molecular formula is C13H12BrN3. The van der Waals surface area contributed by atoms with E-state index in [1.165, 1.54) is 10.8 Å². The van der Waals surface area contributed by atoms with Gasteiger partial charge in [0, 0.05) is 28.7 Å². The van der Waals surface area contributed by atoms with Crippen LogP contribution in [-0.2, 0) is 6.42 Å². The van der Waals surface area contributed by atoms with Crippen LogP contribution in [0.25, 0.3) is 16.4 Å². The first-order chi connectivity index (χ1) is 8.28. The van der Waals surface area contributed by atoms with Gasteiger partial charge in [0.05, 0.1) is 5.69 Å². The molecule has 0 saturated carbocycles. The van der Waals surface area contributed by atoms with Crippen molar-refractivity contribution in [1.29, 1.82) is 0 Å². The Hall–Kier alpha value is -1.39. The lowest BCUT2D eigenvalue weighted by Gasteiger charge is -2.00. The molecule has 3 rings (SSSR count). The summed E-state index contributed by atoms with van der Waals surface area (Å²) in [5.74, 6) is 0. The Morgan fingerprint density at radius 2 is 2.18 bits per heavy atom. The maximum absolute atomic E-state index is 5.56. The van der Waals surface area contributed by atoms with E-state index in [1.54, 1.807) is 0 Å². The lowest BCUT2D eigenvalue weighted by molar-refractivity contribution is 0.937. The van der Waals surface area contributed by atoms with E-state index in [0.29, 0.717) is 6.54 Å². The Balaban J connectivity index is 2.31. The molecule has 4 heteroatoms. The predicted octanol–water partition coefficient (Wildman–Crippen LogP) is 2.75. The third kappa shape index (κ3) is 1.83. The molecule has 0 spiro atoms. The molecule has 2 heterocycles. The molecule has 17 heavy (non-hydrogen) atoms. The summed E-state index contributed by atoms with van der Waals surface area (Å²) < 4.78 is 3.14. The summed E-state index contributed by atoms with van der Waals surface area (Å²) in [6.45, 7) is 0.632. The van der Waals surface area contributed by atoms with E-state index in [9.17, 15) is 0 Å². The summed E-state index contributed by atoms with van der Waals surface area (Å²) in [5.41, 5.74) is 7.60. The SMILES string of the molecule is NCCc1cn2ccc3cc(Br)ccc3c2n1. The van der Waals surface area contributed by atoms with Crippen LogP contribution in [0.2, 0.25) is 0 Å². The third-order valence-corrected chi connectivity index (χ3v) is 3.35. The number of hydrogen-bond donors (Lipinski definition) is 1. The van der Waals surface area contributed by atoms with Gasteiger partial charge in [-0.25, -0.2) is 4.98 Å². The quantitative estimate of drug-likeness (QED) is 0.788. The molecule has 0 radical (unpaired) electrons. The topological polar surface area (TPSA) is 43.3 Å². The summed E-state index contributed by atoms with van der Waals surface area (Å²) in [6.07, 6.45) is 4.90. The van der Waals surface area contributed by atoms with E-state index >= 15 is 0 Å². The fourth-order valence-corrected chi connectivity index (χ4v) is 2.44. The zero-order valence-corrected chi connectivity index (χ0v) is 10.8. The Morgan fingerprint density at radius 3 is 3.00 bits per heavy atom. The van der Waals surface area contributed by atoms with Gasteiger partial charge in [-0.1, -0.05) is 15.9 Å². The molecule has 2 aromatic heterocycles. The lowest BCUT2D eigenvalue weighted by atomic mass is 10.2. The van der Waals surface area contributed by atoms with Gasteiger partial charge >= 0.3 is 0 Å². The predicted molar refractivity (Wildman–Crippen MR) is 73.2 cm³/mol. The number of imidazole rings is 1. The number of rotatable bonds is 2. The molecule has 2 N–H and O–H groups in total. The van der Waals surface area contributed by atoms with Crippen LogP contribution in [0.5, 0.6) is 0 Å². The fourth-order valence-electron chi connectivity index (χ4n) is 2.06. The van der Waals surface area contributed by atoms with Crippen molar-refractivity contribution in [3.63, 3.8) is 0 Å². The van der Waals surface area contributed by atoms with Crippen LogP contribution in [0.1, 0.15) is 5.69 Å². The van der Waals surface area contributed by atoms with Crippen LogP contribution in [0.4, 0.5) is 0 Å². The molecule has 86 valence electrons. The number of nitrogens with two attached hydrogens (primary N) is 1. The van der Waals surface area contributed by atoms with E-state index < -0.39 is 0 Å². The van der Waals surface area contributed by atoms with Gasteiger partial charge in [0.15, 0.2) is 0 Å². The second-order valence-corrected chi connectivity index (χ2v) is 4.96. The second kappa shape index (κ2) is 4.13. The van der Waals surface area contributed by atoms with Crippen molar-refractivity contribution >= 4 is 32.3 Å². The van der Waals surface area contributed by atoms with Crippen LogP contribution in [-0.4, -0.2) is 15.9 Å². The average Bonchev–Trinajstić information content (AvgIpc) is 2.72. The molecule has 3 aromatic rings. The molecule has 0 aliphatic rings. The zero-order chi connectivity index (χ0) is 11.8. The van der Waals surface area contributed by atoms with Gasteiger partial charge < -0.3 is 10.1 Å². The second-order valence-electron chi connectivity index (χ2n) is 4.05. The number of halogens is 1. The van der Waals surface area contributed by atoms with Gasteiger partial charge in [0.1, 0.15) is 5.65 Å². The van der Waals surface area contributed by atoms with Crippen molar-refractivity contribution in [2.45, 2.75) is 6.42 Å². The van der Waals surface area contributed by atoms with Gasteiger partial charge in [-0.15, -0.1) is 0 Å². The Bertz CT molecular complexity index is 688. The van der Waals surface area contributed by atoms with Crippen molar-refractivity contribution in [2.75, 3.05) is 6.54 Å². The summed E-state index contributed by atoms with van der Waals surface area (Å²) in [5, 5.41) is 2.36. The first-order valence-corrected chi connectivity index (χ1v) is 6.33. The molecule has 0 fully saturated rings. The van der Waals surface area contributed by atoms with Gasteiger partial charge in [0.25, 0.3) is 0 Å². The van der Waals surface area contributed by atoms with Crippen molar-refractivity contribution in [3.8, 4) is 0 Å². The number of pyridine rings is 1. The molecule has 0 aliphatic carbocycles. The highest BCUT2D eigenvalue weighted by molar-refractivity contribution is 9.10. The molecule has 0 unspecified atom stereocenters. The van der Waals surface area contributed by atoms with Gasteiger partial charge in [-0.2, -0.15) is 0 Å². The van der Waals surface area contributed by atoms with Crippen LogP contribution in [0.15, 0.2) is 41.1 Å². The Labute approximate surface area is 107 Å². The summed E-state index contributed by atoms with van der Waals surface area (Å²) >= 11 is 3.48. The molecule has 0 atom stereocenters. The summed E-state index contributed by atoms with van der Waals surface area (Å²) in [6, 6.07) is 8.33. The third-order valence-electron chi connectivity index (χ3n) is 2.85. The maximum Gasteiger partial charge on any atom is 0.144 e.